The predicted octanol–water partition coefficient (Wildman–Crippen LogP) is 3.52. The molecule has 0 saturated carbocycles. The van der Waals surface area contributed by atoms with E-state index in [0.717, 1.165) is 11.8 Å². The number of rotatable bonds is 6. The molecule has 2 atom stereocenters. The molecule has 9 nitrogen and oxygen atoms in total. The number of hydrogen-bond donors (Lipinski definition) is 0. The summed E-state index contributed by atoms with van der Waals surface area (Å²) in [7, 11) is -6.70. The summed E-state index contributed by atoms with van der Waals surface area (Å²) in [5.74, 6) is -2.67. The molecule has 0 aromatic heterocycles. The highest BCUT2D eigenvalue weighted by Gasteiger charge is 2.49. The Morgan fingerprint density at radius 2 is 1.66 bits per heavy atom. The van der Waals surface area contributed by atoms with Gasteiger partial charge in [0.05, 0.1) is 12.9 Å². The molecule has 1 aromatic rings. The van der Waals surface area contributed by atoms with Crippen molar-refractivity contribution in [3.63, 3.8) is 0 Å². The van der Waals surface area contributed by atoms with E-state index in [2.05, 4.69) is 0 Å². The molecule has 0 radical (unpaired) electrons. The van der Waals surface area contributed by atoms with E-state index in [1.54, 1.807) is 26.0 Å². The molecule has 35 heavy (non-hydrogen) atoms. The number of benzene rings is 1. The second kappa shape index (κ2) is 9.88. The van der Waals surface area contributed by atoms with Crippen LogP contribution in [0.5, 0.6) is 0 Å². The Bertz CT molecular complexity index is 1320. The third kappa shape index (κ3) is 5.69. The Balaban J connectivity index is 2.10. The van der Waals surface area contributed by atoms with Crippen LogP contribution in [0.2, 0.25) is 0 Å². The molecular formula is C24H30O9S2. The molecule has 0 fully saturated rings. The summed E-state index contributed by atoms with van der Waals surface area (Å²) in [4.78, 5) is 13.5. The first-order valence-electron chi connectivity index (χ1n) is 11.0. The van der Waals surface area contributed by atoms with Crippen LogP contribution < -0.4 is 0 Å². The van der Waals surface area contributed by atoms with Crippen LogP contribution in [0.1, 0.15) is 39.2 Å². The summed E-state index contributed by atoms with van der Waals surface area (Å²) in [6.45, 7) is 6.55. The van der Waals surface area contributed by atoms with E-state index in [-0.39, 0.29) is 40.6 Å². The fourth-order valence-electron chi connectivity index (χ4n) is 3.94. The molecule has 192 valence electrons. The van der Waals surface area contributed by atoms with Crippen molar-refractivity contribution >= 4 is 26.0 Å². The number of carbonyl (C=O) groups is 1. The summed E-state index contributed by atoms with van der Waals surface area (Å²) < 4.78 is 71.7. The zero-order chi connectivity index (χ0) is 26.2. The Morgan fingerprint density at radius 3 is 2.23 bits per heavy atom. The molecule has 0 N–H and O–H groups in total. The Hall–Kier alpha value is -2.47. The molecule has 1 heterocycles. The van der Waals surface area contributed by atoms with E-state index in [4.69, 9.17) is 17.8 Å². The SMILES string of the molecule is COC12OCC(C)=C(OS(C)(=O)=O)CCC(C)C(=CC(OS(=O)(=O)c3ccc(C)cc3)=C1C)C2=O. The summed E-state index contributed by atoms with van der Waals surface area (Å²) >= 11 is 0. The van der Waals surface area contributed by atoms with Gasteiger partial charge in [0, 0.05) is 24.7 Å². The molecule has 0 spiro atoms. The molecule has 0 amide bonds. The van der Waals surface area contributed by atoms with Crippen LogP contribution in [0.3, 0.4) is 0 Å². The van der Waals surface area contributed by atoms with Crippen LogP contribution in [-0.2, 0) is 42.9 Å². The Labute approximate surface area is 206 Å². The van der Waals surface area contributed by atoms with E-state index in [9.17, 15) is 21.6 Å². The van der Waals surface area contributed by atoms with Crippen molar-refractivity contribution in [3.05, 3.63) is 64.1 Å². The average molecular weight is 527 g/mol. The second-order valence-electron chi connectivity index (χ2n) is 8.81. The maximum absolute atomic E-state index is 13.6. The smallest absolute Gasteiger partial charge is 0.339 e. The van der Waals surface area contributed by atoms with E-state index < -0.39 is 37.7 Å². The van der Waals surface area contributed by atoms with Crippen LogP contribution in [0.25, 0.3) is 0 Å². The van der Waals surface area contributed by atoms with Crippen LogP contribution in [0.4, 0.5) is 0 Å². The highest BCUT2D eigenvalue weighted by Crippen LogP contribution is 2.40. The van der Waals surface area contributed by atoms with E-state index >= 15 is 0 Å². The van der Waals surface area contributed by atoms with Crippen molar-refractivity contribution in [3.8, 4) is 0 Å². The van der Waals surface area contributed by atoms with Gasteiger partial charge < -0.3 is 17.8 Å². The van der Waals surface area contributed by atoms with Crippen LogP contribution in [0.15, 0.2) is 63.5 Å². The third-order valence-corrected chi connectivity index (χ3v) is 7.82. The largest absolute Gasteiger partial charge is 0.387 e. The Kier molecular flexibility index (Phi) is 7.66. The quantitative estimate of drug-likeness (QED) is 0.512. The van der Waals surface area contributed by atoms with Gasteiger partial charge in [0.2, 0.25) is 5.78 Å². The number of allylic oxidation sites excluding steroid dienone is 2. The predicted molar refractivity (Wildman–Crippen MR) is 128 cm³/mol. The summed E-state index contributed by atoms with van der Waals surface area (Å²) in [6.07, 6.45) is 2.94. The van der Waals surface area contributed by atoms with Gasteiger partial charge in [-0.2, -0.15) is 16.8 Å². The number of ketones is 1. The maximum Gasteiger partial charge on any atom is 0.339 e. The summed E-state index contributed by atoms with van der Waals surface area (Å²) in [6, 6.07) is 6.20. The second-order valence-corrected chi connectivity index (χ2v) is 11.9. The molecule has 2 bridgehead atoms. The third-order valence-electron chi connectivity index (χ3n) is 6.06. The van der Waals surface area contributed by atoms with Crippen molar-refractivity contribution in [1.82, 2.24) is 0 Å². The average Bonchev–Trinajstić information content (AvgIpc) is 2.77. The van der Waals surface area contributed by atoms with Crippen molar-refractivity contribution in [1.29, 1.82) is 0 Å². The standard InChI is InChI=1S/C24H30O9S2/c1-15-7-10-19(11-8-15)35(28,29)33-22-13-20-16(2)9-12-21(32-34(6,26)27)17(3)14-31-24(30-5,18(22)4)23(20)25/h7-8,10-11,13,16H,9,12,14H2,1-6H3. The van der Waals surface area contributed by atoms with Crippen molar-refractivity contribution < 1.29 is 39.5 Å². The molecule has 1 aromatic carbocycles. The molecule has 1 aliphatic carbocycles. The number of fused-ring (bicyclic) bond motifs is 2. The summed E-state index contributed by atoms with van der Waals surface area (Å²) in [5, 5.41) is 0. The topological polar surface area (TPSA) is 122 Å². The van der Waals surface area contributed by atoms with Gasteiger partial charge in [0.1, 0.15) is 16.4 Å². The van der Waals surface area contributed by atoms with Gasteiger partial charge >= 0.3 is 20.2 Å². The minimum atomic E-state index is -4.21. The fourth-order valence-corrected chi connectivity index (χ4v) is 5.51. The zero-order valence-electron chi connectivity index (χ0n) is 20.6. The van der Waals surface area contributed by atoms with Gasteiger partial charge in [0.15, 0.2) is 0 Å². The van der Waals surface area contributed by atoms with Crippen molar-refractivity contribution in [2.24, 2.45) is 5.92 Å². The van der Waals surface area contributed by atoms with Crippen LogP contribution >= 0.6 is 0 Å². The van der Waals surface area contributed by atoms with E-state index in [1.807, 2.05) is 6.92 Å². The zero-order valence-corrected chi connectivity index (χ0v) is 22.2. The number of methoxy groups -OCH3 is 1. The number of Topliss-reactive ketones (excluding diaryl/α,β-unsaturated/α-hetero) is 1. The van der Waals surface area contributed by atoms with Gasteiger partial charge in [-0.3, -0.25) is 4.79 Å². The van der Waals surface area contributed by atoms with Gasteiger partial charge in [-0.15, -0.1) is 0 Å². The first kappa shape index (κ1) is 27.1. The fraction of sp³-hybridized carbons (Fsp3) is 0.458. The van der Waals surface area contributed by atoms with Crippen molar-refractivity contribution in [2.45, 2.75) is 51.2 Å². The van der Waals surface area contributed by atoms with E-state index in [1.165, 1.54) is 32.2 Å². The van der Waals surface area contributed by atoms with E-state index in [0.29, 0.717) is 12.0 Å². The summed E-state index contributed by atoms with van der Waals surface area (Å²) in [5.41, 5.74) is 1.72. The minimum absolute atomic E-state index is 0.0327. The number of aryl methyl sites for hydroxylation is 1. The molecule has 1 aliphatic heterocycles. The highest BCUT2D eigenvalue weighted by atomic mass is 32.2. The first-order chi connectivity index (χ1) is 16.2. The molecule has 2 aliphatic rings. The Morgan fingerprint density at radius 1 is 1.03 bits per heavy atom. The van der Waals surface area contributed by atoms with Crippen LogP contribution in [-0.4, -0.2) is 48.4 Å². The van der Waals surface area contributed by atoms with Gasteiger partial charge in [-0.25, -0.2) is 0 Å². The molecule has 3 rings (SSSR count). The van der Waals surface area contributed by atoms with Gasteiger partial charge in [-0.05, 0) is 56.9 Å². The lowest BCUT2D eigenvalue weighted by molar-refractivity contribution is -0.196. The van der Waals surface area contributed by atoms with Gasteiger partial charge in [0.25, 0.3) is 5.79 Å². The minimum Gasteiger partial charge on any atom is -0.387 e. The monoisotopic (exact) mass is 526 g/mol. The molecular weight excluding hydrogens is 496 g/mol. The number of ether oxygens (including phenoxy) is 2. The van der Waals surface area contributed by atoms with Crippen molar-refractivity contribution in [2.75, 3.05) is 20.0 Å². The number of carbonyl (C=O) groups excluding carboxylic acids is 1. The lowest BCUT2D eigenvalue weighted by Crippen LogP contribution is -2.49. The first-order valence-corrected chi connectivity index (χ1v) is 14.2. The molecule has 11 heteroatoms. The maximum atomic E-state index is 13.6. The highest BCUT2D eigenvalue weighted by molar-refractivity contribution is 7.87. The lowest BCUT2D eigenvalue weighted by Gasteiger charge is -2.38. The molecule has 0 saturated heterocycles. The lowest BCUT2D eigenvalue weighted by atomic mass is 9.82. The van der Waals surface area contributed by atoms with Gasteiger partial charge in [-0.1, -0.05) is 24.6 Å². The molecule has 2 unspecified atom stereocenters. The normalized spacial score (nSPS) is 24.2. The number of hydrogen-bond acceptors (Lipinski definition) is 9. The van der Waals surface area contributed by atoms with Crippen LogP contribution in [0, 0.1) is 12.8 Å².